The van der Waals surface area contributed by atoms with Gasteiger partial charge in [-0.2, -0.15) is 0 Å². The maximum Gasteiger partial charge on any atom is 0.336 e. The lowest BCUT2D eigenvalue weighted by molar-refractivity contribution is -0.386. The van der Waals surface area contributed by atoms with Gasteiger partial charge in [0.25, 0.3) is 17.3 Å². The Morgan fingerprint density at radius 3 is 1.40 bits per heavy atom. The van der Waals surface area contributed by atoms with E-state index in [0.29, 0.717) is 18.5 Å². The fourth-order valence-electron chi connectivity index (χ4n) is 11.3. The van der Waals surface area contributed by atoms with Crippen molar-refractivity contribution in [3.05, 3.63) is 188 Å². The highest BCUT2D eigenvalue weighted by atomic mass is 16.6. The van der Waals surface area contributed by atoms with Gasteiger partial charge in [-0.05, 0) is 94.8 Å². The van der Waals surface area contributed by atoms with Crippen molar-refractivity contribution in [1.29, 1.82) is 0 Å². The highest BCUT2D eigenvalue weighted by Gasteiger charge is 2.44. The zero-order chi connectivity index (χ0) is 61.8. The minimum absolute atomic E-state index is 0.0930. The molecule has 1 saturated heterocycles. The number of unbranched alkanes of at least 4 members (excludes halogenated alkanes) is 10. The number of rotatable bonds is 31. The smallest absolute Gasteiger partial charge is 0.336 e. The summed E-state index contributed by atoms with van der Waals surface area (Å²) in [6.45, 7) is 4.60. The van der Waals surface area contributed by atoms with Crippen LogP contribution < -0.4 is 20.9 Å². The molecule has 1 aliphatic heterocycles. The monoisotopic (exact) mass is 1180 g/mol. The van der Waals surface area contributed by atoms with Crippen LogP contribution in [0.5, 0.6) is 0 Å². The molecule has 1 heterocycles. The van der Waals surface area contributed by atoms with Crippen LogP contribution in [0.25, 0.3) is 32.7 Å². The van der Waals surface area contributed by atoms with E-state index in [4.69, 9.17) is 9.47 Å². The number of ether oxygens (including phenoxy) is 2. The number of fused-ring (bicyclic) bond motifs is 2. The molecule has 87 heavy (non-hydrogen) atoms. The molecule has 1 aliphatic rings. The first kappa shape index (κ1) is 63.5. The minimum Gasteiger partial charge on any atom is -0.478 e. The van der Waals surface area contributed by atoms with Crippen molar-refractivity contribution in [3.8, 4) is 11.1 Å². The zero-order valence-corrected chi connectivity index (χ0v) is 49.1. The third-order valence-corrected chi connectivity index (χ3v) is 15.8. The topological polar surface area (TPSA) is 267 Å². The molecule has 1 fully saturated rings. The summed E-state index contributed by atoms with van der Waals surface area (Å²) in [6, 6.07) is 35.3. The lowest BCUT2D eigenvalue weighted by Gasteiger charge is -2.33. The lowest BCUT2D eigenvalue weighted by Crippen LogP contribution is -2.56. The quantitative estimate of drug-likeness (QED) is 0.0136. The van der Waals surface area contributed by atoms with Gasteiger partial charge in [-0.3, -0.25) is 34.6 Å². The maximum absolute atomic E-state index is 15.1. The van der Waals surface area contributed by atoms with Gasteiger partial charge in [0.05, 0.1) is 45.3 Å². The number of esters is 2. The third kappa shape index (κ3) is 16.7. The number of hydrogen-bond acceptors (Lipinski definition) is 13. The predicted molar refractivity (Wildman–Crippen MR) is 334 cm³/mol. The fourth-order valence-corrected chi connectivity index (χ4v) is 11.3. The SMILES string of the molecule is CCCCCCCCOC(=O)[C@H](Cc1ccc2ccccc2c1)NC(=O)[C@@H]1CC[C@@H](C(=O)N[C@@H](Cc2ccc3ccccc3c2)C(=O)OCCCCCCCC)N1c1ccc(NC(=O)c2cccc([N+](=O)[O-])c2-c2c(C(=O)O)cccc2[N+](=O)[O-])cc1. The van der Waals surface area contributed by atoms with E-state index in [0.717, 1.165) is 121 Å². The van der Waals surface area contributed by atoms with Crippen molar-refractivity contribution < 1.29 is 53.2 Å². The van der Waals surface area contributed by atoms with E-state index < -0.39 is 103 Å². The second-order valence-corrected chi connectivity index (χ2v) is 22.0. The Balaban J connectivity index is 1.11. The van der Waals surface area contributed by atoms with Crippen molar-refractivity contribution in [3.63, 3.8) is 0 Å². The summed E-state index contributed by atoms with van der Waals surface area (Å²) in [4.78, 5) is 110. The molecule has 0 aliphatic carbocycles. The molecule has 0 aromatic heterocycles. The standard InChI is InChI=1S/C68H74N6O13/c1-3-5-7-9-11-17-39-86-67(80)55(43-45-29-31-47-21-13-15-23-49(47)41-45)70-64(76)59-37-38-60(65(77)71-56(68(81)87-40-18-12-10-8-6-4-2)44-46-30-32-48-22-14-16-24-50(48)42-46)72(59)52-35-33-51(34-36-52)69-63(75)53-25-19-27-57(73(82)83)61(53)62-54(66(78)79)26-20-28-58(62)74(84)85/h13-16,19-36,41-42,55-56,59-60H,3-12,17-18,37-40,43-44H2,1-2H3,(H,69,75)(H,70,76)(H,71,77)(H,78,79)/t55-,56-,59-,60-/m0/s1. The molecular formula is C68H74N6O13. The summed E-state index contributed by atoms with van der Waals surface area (Å²) in [6.07, 6.45) is 12.1. The lowest BCUT2D eigenvalue weighted by atomic mass is 9.91. The number of carboxylic acids is 1. The van der Waals surface area contributed by atoms with Crippen LogP contribution in [-0.4, -0.2) is 88.0 Å². The van der Waals surface area contributed by atoms with Crippen molar-refractivity contribution in [2.45, 2.75) is 141 Å². The highest BCUT2D eigenvalue weighted by molar-refractivity contribution is 6.13. The largest absolute Gasteiger partial charge is 0.478 e. The van der Waals surface area contributed by atoms with Gasteiger partial charge >= 0.3 is 17.9 Å². The van der Waals surface area contributed by atoms with Gasteiger partial charge in [-0.15, -0.1) is 0 Å². The Kier molecular flexibility index (Phi) is 22.7. The molecular weight excluding hydrogens is 1110 g/mol. The molecule has 4 N–H and O–H groups in total. The second kappa shape index (κ2) is 31.0. The number of aromatic carboxylic acids is 1. The number of nitrogens with one attached hydrogen (secondary N) is 3. The number of anilines is 2. The van der Waals surface area contributed by atoms with Gasteiger partial charge in [0, 0.05) is 36.3 Å². The number of nitro benzene ring substituents is 2. The van der Waals surface area contributed by atoms with Crippen molar-refractivity contribution in [1.82, 2.24) is 10.6 Å². The average molecular weight is 1180 g/mol. The Morgan fingerprint density at radius 1 is 0.529 bits per heavy atom. The Labute approximate surface area is 505 Å². The molecule has 4 atom stereocenters. The van der Waals surface area contributed by atoms with E-state index in [-0.39, 0.29) is 44.6 Å². The molecule has 7 aromatic rings. The van der Waals surface area contributed by atoms with Crippen LogP contribution >= 0.6 is 0 Å². The summed E-state index contributed by atoms with van der Waals surface area (Å²) in [5.41, 5.74) is -1.86. The van der Waals surface area contributed by atoms with Gasteiger partial charge in [0.1, 0.15) is 24.2 Å². The molecule has 0 unspecified atom stereocenters. The van der Waals surface area contributed by atoms with Gasteiger partial charge < -0.3 is 35.4 Å². The van der Waals surface area contributed by atoms with E-state index in [9.17, 15) is 44.5 Å². The maximum atomic E-state index is 15.1. The first-order valence-corrected chi connectivity index (χ1v) is 30.0. The fraction of sp³-hybridized carbons (Fsp3) is 0.353. The van der Waals surface area contributed by atoms with Crippen LogP contribution in [0.4, 0.5) is 22.7 Å². The number of hydrogen-bond donors (Lipinski definition) is 4. The number of carbonyl (C=O) groups excluding carboxylic acids is 5. The highest BCUT2D eigenvalue weighted by Crippen LogP contribution is 2.42. The molecule has 8 rings (SSSR count). The molecule has 0 bridgehead atoms. The number of nitrogens with zero attached hydrogens (tertiary/aromatic N) is 3. The molecule has 454 valence electrons. The summed E-state index contributed by atoms with van der Waals surface area (Å²) < 4.78 is 11.7. The van der Waals surface area contributed by atoms with Gasteiger partial charge in [-0.1, -0.05) is 175 Å². The molecule has 19 heteroatoms. The summed E-state index contributed by atoms with van der Waals surface area (Å²) in [5, 5.41) is 47.4. The van der Waals surface area contributed by atoms with Crippen LogP contribution in [0.3, 0.4) is 0 Å². The Bertz CT molecular complexity index is 3440. The first-order valence-electron chi connectivity index (χ1n) is 30.0. The second-order valence-electron chi connectivity index (χ2n) is 22.0. The number of carbonyl (C=O) groups is 6. The summed E-state index contributed by atoms with van der Waals surface area (Å²) in [7, 11) is 0. The Morgan fingerprint density at radius 2 is 0.954 bits per heavy atom. The molecule has 0 spiro atoms. The molecule has 3 amide bonds. The number of nitro groups is 2. The van der Waals surface area contributed by atoms with E-state index in [1.165, 1.54) is 24.3 Å². The van der Waals surface area contributed by atoms with E-state index in [1.807, 2.05) is 84.9 Å². The van der Waals surface area contributed by atoms with Crippen LogP contribution in [0, 0.1) is 20.2 Å². The number of carboxylic acid groups (broad SMARTS) is 1. The van der Waals surface area contributed by atoms with Crippen molar-refractivity contribution in [2.75, 3.05) is 23.4 Å². The van der Waals surface area contributed by atoms with E-state index in [2.05, 4.69) is 29.8 Å². The van der Waals surface area contributed by atoms with Crippen molar-refractivity contribution in [2.24, 2.45) is 0 Å². The van der Waals surface area contributed by atoms with E-state index in [1.54, 1.807) is 17.0 Å². The molecule has 7 aromatic carbocycles. The van der Waals surface area contributed by atoms with E-state index >= 15 is 9.59 Å². The molecule has 0 saturated carbocycles. The first-order chi connectivity index (χ1) is 42.1. The molecule has 0 radical (unpaired) electrons. The van der Waals surface area contributed by atoms with Crippen LogP contribution in [0.2, 0.25) is 0 Å². The minimum atomic E-state index is -1.62. The van der Waals surface area contributed by atoms with Crippen LogP contribution in [0.15, 0.2) is 146 Å². The van der Waals surface area contributed by atoms with Gasteiger partial charge in [-0.25, -0.2) is 14.4 Å². The normalized spacial score (nSPS) is 14.4. The number of benzene rings is 7. The predicted octanol–water partition coefficient (Wildman–Crippen LogP) is 13.0. The zero-order valence-electron chi connectivity index (χ0n) is 49.1. The van der Waals surface area contributed by atoms with Crippen LogP contribution in [0.1, 0.15) is 136 Å². The summed E-state index contributed by atoms with van der Waals surface area (Å²) >= 11 is 0. The number of amides is 3. The van der Waals surface area contributed by atoms with Crippen LogP contribution in [-0.2, 0) is 41.5 Å². The molecule has 19 nitrogen and oxygen atoms in total. The van der Waals surface area contributed by atoms with Crippen molar-refractivity contribution >= 4 is 79.9 Å². The Hall–Kier alpha value is -9.52. The van der Waals surface area contributed by atoms with Gasteiger partial charge in [0.2, 0.25) is 11.8 Å². The summed E-state index contributed by atoms with van der Waals surface area (Å²) in [5.74, 6) is -4.99. The van der Waals surface area contributed by atoms with Gasteiger partial charge in [0.15, 0.2) is 0 Å². The average Bonchev–Trinajstić information content (AvgIpc) is 1.75. The third-order valence-electron chi connectivity index (χ3n) is 15.8.